The first kappa shape index (κ1) is 18.2. The molecule has 0 radical (unpaired) electrons. The summed E-state index contributed by atoms with van der Waals surface area (Å²) in [6.45, 7) is 1.60. The molecule has 1 heterocycles. The molecule has 8 nitrogen and oxygen atoms in total. The number of rotatable bonds is 5. The number of nitrogens with one attached hydrogen (secondary N) is 1. The summed E-state index contributed by atoms with van der Waals surface area (Å²) in [5.74, 6) is -0.550. The third kappa shape index (κ3) is 4.17. The van der Waals surface area contributed by atoms with Crippen LogP contribution in [0.1, 0.15) is 27.6 Å². The number of ether oxygens (including phenoxy) is 4. The molecule has 0 bridgehead atoms. The fourth-order valence-corrected chi connectivity index (χ4v) is 2.36. The van der Waals surface area contributed by atoms with Gasteiger partial charge in [0, 0.05) is 11.8 Å². The van der Waals surface area contributed by atoms with E-state index in [4.69, 9.17) is 14.2 Å². The maximum atomic E-state index is 12.2. The highest BCUT2D eigenvalue weighted by Gasteiger charge is 2.21. The van der Waals surface area contributed by atoms with Crippen molar-refractivity contribution in [2.24, 2.45) is 0 Å². The summed E-state index contributed by atoms with van der Waals surface area (Å²) in [5, 5.41) is 2.65. The van der Waals surface area contributed by atoms with Crippen molar-refractivity contribution in [3.63, 3.8) is 0 Å². The number of esters is 2. The molecule has 0 aromatic heterocycles. The fraction of sp³-hybridized carbons (Fsp3) is 0.211. The van der Waals surface area contributed by atoms with Crippen LogP contribution in [-0.2, 0) is 14.3 Å². The minimum absolute atomic E-state index is 0.134. The monoisotopic (exact) mass is 371 g/mol. The van der Waals surface area contributed by atoms with Crippen LogP contribution in [0.4, 0.5) is 5.69 Å². The van der Waals surface area contributed by atoms with Crippen LogP contribution in [0, 0.1) is 0 Å². The standard InChI is InChI=1S/C19H17NO7/c1-11(17(21)20-14-7-8-15-16(9-14)26-10-25-15)27-19(23)13-5-3-12(4-6-13)18(22)24-2/h3-9,11H,10H2,1-2H3,(H,20,21). The second-order valence-corrected chi connectivity index (χ2v) is 5.67. The van der Waals surface area contributed by atoms with Crippen molar-refractivity contribution >= 4 is 23.5 Å². The number of fused-ring (bicyclic) bond motifs is 1. The van der Waals surface area contributed by atoms with Crippen LogP contribution in [0.25, 0.3) is 0 Å². The van der Waals surface area contributed by atoms with E-state index in [1.165, 1.54) is 38.3 Å². The van der Waals surface area contributed by atoms with E-state index in [9.17, 15) is 14.4 Å². The second kappa shape index (κ2) is 7.77. The Morgan fingerprint density at radius 2 is 1.59 bits per heavy atom. The maximum Gasteiger partial charge on any atom is 0.338 e. The summed E-state index contributed by atoms with van der Waals surface area (Å²) < 4.78 is 20.2. The Labute approximate surface area is 155 Å². The van der Waals surface area contributed by atoms with Crippen LogP contribution in [0.3, 0.4) is 0 Å². The lowest BCUT2D eigenvalue weighted by atomic mass is 10.1. The number of amides is 1. The van der Waals surface area contributed by atoms with Crippen molar-refractivity contribution in [1.29, 1.82) is 0 Å². The van der Waals surface area contributed by atoms with Crippen molar-refractivity contribution in [2.75, 3.05) is 19.2 Å². The van der Waals surface area contributed by atoms with Gasteiger partial charge in [0.1, 0.15) is 0 Å². The van der Waals surface area contributed by atoms with E-state index in [1.54, 1.807) is 18.2 Å². The van der Waals surface area contributed by atoms with Gasteiger partial charge in [0.25, 0.3) is 5.91 Å². The van der Waals surface area contributed by atoms with Crippen molar-refractivity contribution < 1.29 is 33.3 Å². The number of carbonyl (C=O) groups is 3. The van der Waals surface area contributed by atoms with Crippen LogP contribution >= 0.6 is 0 Å². The van der Waals surface area contributed by atoms with Crippen LogP contribution in [0.2, 0.25) is 0 Å². The molecule has 2 aromatic carbocycles. The van der Waals surface area contributed by atoms with Crippen molar-refractivity contribution in [3.8, 4) is 11.5 Å². The zero-order chi connectivity index (χ0) is 19.4. The zero-order valence-corrected chi connectivity index (χ0v) is 14.7. The van der Waals surface area contributed by atoms with E-state index in [-0.39, 0.29) is 12.4 Å². The highest BCUT2D eigenvalue weighted by molar-refractivity contribution is 5.98. The highest BCUT2D eigenvalue weighted by atomic mass is 16.7. The molecule has 0 saturated carbocycles. The third-order valence-corrected chi connectivity index (χ3v) is 3.83. The van der Waals surface area contributed by atoms with Gasteiger partial charge in [-0.25, -0.2) is 9.59 Å². The van der Waals surface area contributed by atoms with Crippen molar-refractivity contribution in [3.05, 3.63) is 53.6 Å². The van der Waals surface area contributed by atoms with Gasteiger partial charge in [0.15, 0.2) is 17.6 Å². The number of hydrogen-bond acceptors (Lipinski definition) is 7. The number of methoxy groups -OCH3 is 1. The van der Waals surface area contributed by atoms with Gasteiger partial charge in [-0.05, 0) is 43.3 Å². The van der Waals surface area contributed by atoms with Gasteiger partial charge in [-0.2, -0.15) is 0 Å². The molecular formula is C19H17NO7. The van der Waals surface area contributed by atoms with Crippen LogP contribution in [-0.4, -0.2) is 37.9 Å². The minimum atomic E-state index is -1.02. The molecule has 140 valence electrons. The quantitative estimate of drug-likeness (QED) is 0.806. The highest BCUT2D eigenvalue weighted by Crippen LogP contribution is 2.34. The number of anilines is 1. The lowest BCUT2D eigenvalue weighted by molar-refractivity contribution is -0.123. The fourth-order valence-electron chi connectivity index (χ4n) is 2.36. The van der Waals surface area contributed by atoms with E-state index >= 15 is 0 Å². The predicted octanol–water partition coefficient (Wildman–Crippen LogP) is 2.39. The van der Waals surface area contributed by atoms with Crippen molar-refractivity contribution in [1.82, 2.24) is 0 Å². The first-order valence-corrected chi connectivity index (χ1v) is 8.08. The summed E-state index contributed by atoms with van der Waals surface area (Å²) in [6, 6.07) is 10.7. The average molecular weight is 371 g/mol. The maximum absolute atomic E-state index is 12.2. The summed E-state index contributed by atoms with van der Waals surface area (Å²) >= 11 is 0. The predicted molar refractivity (Wildman–Crippen MR) is 93.9 cm³/mol. The molecule has 1 aliphatic heterocycles. The molecule has 3 rings (SSSR count). The van der Waals surface area contributed by atoms with Gasteiger partial charge >= 0.3 is 11.9 Å². The van der Waals surface area contributed by atoms with Crippen LogP contribution in [0.5, 0.6) is 11.5 Å². The summed E-state index contributed by atoms with van der Waals surface area (Å²) in [6.07, 6.45) is -1.02. The molecule has 0 fully saturated rings. The molecule has 0 aliphatic carbocycles. The summed E-state index contributed by atoms with van der Waals surface area (Å²) in [4.78, 5) is 35.8. The Morgan fingerprint density at radius 3 is 2.26 bits per heavy atom. The Balaban J connectivity index is 1.59. The first-order chi connectivity index (χ1) is 13.0. The normalized spacial score (nSPS) is 12.8. The Hall–Kier alpha value is -3.55. The number of benzene rings is 2. The minimum Gasteiger partial charge on any atom is -0.465 e. The number of carbonyl (C=O) groups excluding carboxylic acids is 3. The molecule has 8 heteroatoms. The summed E-state index contributed by atoms with van der Waals surface area (Å²) in [5.41, 5.74) is 1.02. The zero-order valence-electron chi connectivity index (χ0n) is 14.7. The second-order valence-electron chi connectivity index (χ2n) is 5.67. The lowest BCUT2D eigenvalue weighted by Gasteiger charge is -2.14. The van der Waals surface area contributed by atoms with Crippen molar-refractivity contribution in [2.45, 2.75) is 13.0 Å². The Kier molecular flexibility index (Phi) is 5.25. The lowest BCUT2D eigenvalue weighted by Crippen LogP contribution is -2.30. The Bertz CT molecular complexity index is 876. The third-order valence-electron chi connectivity index (χ3n) is 3.83. The first-order valence-electron chi connectivity index (χ1n) is 8.08. The molecule has 0 saturated heterocycles. The molecule has 1 aliphatic rings. The molecule has 1 atom stereocenters. The van der Waals surface area contributed by atoms with Crippen LogP contribution in [0.15, 0.2) is 42.5 Å². The molecule has 27 heavy (non-hydrogen) atoms. The van der Waals surface area contributed by atoms with E-state index < -0.39 is 23.9 Å². The molecule has 0 spiro atoms. The molecule has 1 N–H and O–H groups in total. The Morgan fingerprint density at radius 1 is 0.963 bits per heavy atom. The van der Waals surface area contributed by atoms with Gasteiger partial charge in [-0.15, -0.1) is 0 Å². The largest absolute Gasteiger partial charge is 0.465 e. The molecule has 1 unspecified atom stereocenters. The van der Waals surface area contributed by atoms with Gasteiger partial charge < -0.3 is 24.3 Å². The van der Waals surface area contributed by atoms with Gasteiger partial charge in [-0.3, -0.25) is 4.79 Å². The number of hydrogen-bond donors (Lipinski definition) is 1. The van der Waals surface area contributed by atoms with E-state index in [2.05, 4.69) is 10.1 Å². The van der Waals surface area contributed by atoms with Crippen LogP contribution < -0.4 is 14.8 Å². The summed E-state index contributed by atoms with van der Waals surface area (Å²) in [7, 11) is 1.27. The van der Waals surface area contributed by atoms with Gasteiger partial charge in [0.2, 0.25) is 6.79 Å². The smallest absolute Gasteiger partial charge is 0.338 e. The molecular weight excluding hydrogens is 354 g/mol. The molecule has 2 aromatic rings. The van der Waals surface area contributed by atoms with Gasteiger partial charge in [0.05, 0.1) is 18.2 Å². The van der Waals surface area contributed by atoms with E-state index in [1.807, 2.05) is 0 Å². The van der Waals surface area contributed by atoms with E-state index in [0.717, 1.165) is 0 Å². The topological polar surface area (TPSA) is 100 Å². The molecule has 1 amide bonds. The van der Waals surface area contributed by atoms with Gasteiger partial charge in [-0.1, -0.05) is 0 Å². The average Bonchev–Trinajstić information content (AvgIpc) is 3.15. The SMILES string of the molecule is COC(=O)c1ccc(C(=O)OC(C)C(=O)Nc2ccc3c(c2)OCO3)cc1. The van der Waals surface area contributed by atoms with E-state index in [0.29, 0.717) is 22.7 Å².